The van der Waals surface area contributed by atoms with Crippen LogP contribution in [0.1, 0.15) is 0 Å². The van der Waals surface area contributed by atoms with Crippen molar-refractivity contribution >= 4 is 22.1 Å². The van der Waals surface area contributed by atoms with Crippen molar-refractivity contribution in [2.24, 2.45) is 4.99 Å². The third kappa shape index (κ3) is 5.30. The van der Waals surface area contributed by atoms with Crippen LogP contribution in [-0.2, 0) is 4.74 Å². The van der Waals surface area contributed by atoms with E-state index in [1.807, 2.05) is 0 Å². The lowest BCUT2D eigenvalue weighted by Crippen LogP contribution is -1.79. The molecular weight excluding hydrogens is 182 g/mol. The molecule has 0 aromatic heterocycles. The van der Waals surface area contributed by atoms with Crippen LogP contribution in [0.2, 0.25) is 0 Å². The number of ether oxygens (including phenoxy) is 1. The molecule has 9 heavy (non-hydrogen) atoms. The molecule has 0 radical (unpaired) electrons. The summed E-state index contributed by atoms with van der Waals surface area (Å²) in [6.45, 7) is 7.00. The summed E-state index contributed by atoms with van der Waals surface area (Å²) in [4.78, 5) is 3.75. The highest BCUT2D eigenvalue weighted by Crippen LogP contribution is 1.98. The summed E-state index contributed by atoms with van der Waals surface area (Å²) >= 11 is 3.09. The molecule has 0 amide bonds. The van der Waals surface area contributed by atoms with E-state index in [9.17, 15) is 0 Å². The van der Waals surface area contributed by atoms with E-state index in [-0.39, 0.29) is 0 Å². The fraction of sp³-hybridized carbons (Fsp3) is 0.167. The minimum absolute atomic E-state index is 0.371. The Kier molecular flexibility index (Phi) is 4.05. The summed E-state index contributed by atoms with van der Waals surface area (Å²) in [6.07, 6.45) is 1.52. The first-order valence-corrected chi connectivity index (χ1v) is 3.07. The van der Waals surface area contributed by atoms with E-state index in [1.54, 1.807) is 0 Å². The van der Waals surface area contributed by atoms with Gasteiger partial charge in [-0.15, -0.1) is 0 Å². The molecule has 2 nitrogen and oxygen atoms in total. The lowest BCUT2D eigenvalue weighted by molar-refractivity contribution is 0.291. The van der Waals surface area contributed by atoms with Crippen LogP contribution in [0.15, 0.2) is 28.5 Å². The predicted octanol–water partition coefficient (Wildman–Crippen LogP) is 2.08. The van der Waals surface area contributed by atoms with Crippen molar-refractivity contribution in [3.05, 3.63) is 23.5 Å². The molecule has 0 spiro atoms. The molecule has 3 heteroatoms. The van der Waals surface area contributed by atoms with E-state index in [0.29, 0.717) is 10.4 Å². The van der Waals surface area contributed by atoms with E-state index < -0.39 is 0 Å². The minimum atomic E-state index is 0.371. The molecule has 0 rings (SSSR count). The normalized spacial score (nSPS) is 9.56. The van der Waals surface area contributed by atoms with Gasteiger partial charge in [-0.1, -0.05) is 6.58 Å². The second-order valence-corrected chi connectivity index (χ2v) is 2.32. The van der Waals surface area contributed by atoms with Crippen molar-refractivity contribution < 1.29 is 4.74 Å². The van der Waals surface area contributed by atoms with Gasteiger partial charge in [0.1, 0.15) is 0 Å². The molecular formula is C6H8BrNO. The van der Waals surface area contributed by atoms with Crippen molar-refractivity contribution in [2.45, 2.75) is 0 Å². The summed E-state index contributed by atoms with van der Waals surface area (Å²) in [5.74, 6) is 0.371. The number of aliphatic imine (C=N–C) groups is 1. The second-order valence-electron chi connectivity index (χ2n) is 1.30. The Hall–Kier alpha value is -0.570. The average Bonchev–Trinajstić information content (AvgIpc) is 1.83. The molecule has 0 bridgehead atoms. The van der Waals surface area contributed by atoms with Crippen molar-refractivity contribution in [3.8, 4) is 0 Å². The van der Waals surface area contributed by atoms with Crippen LogP contribution in [0.25, 0.3) is 0 Å². The molecule has 0 atom stereocenters. The van der Waals surface area contributed by atoms with Gasteiger partial charge in [-0.25, -0.2) is 4.99 Å². The maximum Gasteiger partial charge on any atom is 0.205 e. The van der Waals surface area contributed by atoms with Gasteiger partial charge >= 0.3 is 0 Å². The first-order valence-electron chi connectivity index (χ1n) is 2.28. The number of rotatable bonds is 3. The van der Waals surface area contributed by atoms with Gasteiger partial charge in [0, 0.05) is 10.7 Å². The van der Waals surface area contributed by atoms with E-state index >= 15 is 0 Å². The molecule has 0 unspecified atom stereocenters. The lowest BCUT2D eigenvalue weighted by atomic mass is 10.7. The molecule has 0 aliphatic heterocycles. The topological polar surface area (TPSA) is 21.6 Å². The smallest absolute Gasteiger partial charge is 0.205 e. The van der Waals surface area contributed by atoms with Gasteiger partial charge in [0.05, 0.1) is 7.11 Å². The van der Waals surface area contributed by atoms with Gasteiger partial charge in [0.2, 0.25) is 5.88 Å². The zero-order valence-corrected chi connectivity index (χ0v) is 6.81. The van der Waals surface area contributed by atoms with Crippen LogP contribution >= 0.6 is 15.9 Å². The molecule has 50 valence electrons. The number of hydrogen-bond acceptors (Lipinski definition) is 2. The number of hydrogen-bond donors (Lipinski definition) is 0. The average molecular weight is 190 g/mol. The molecule has 0 fully saturated rings. The Labute approximate surface area is 63.1 Å². The van der Waals surface area contributed by atoms with Crippen molar-refractivity contribution in [1.82, 2.24) is 0 Å². The third-order valence-electron chi connectivity index (χ3n) is 0.584. The molecule has 0 N–H and O–H groups in total. The van der Waals surface area contributed by atoms with E-state index in [0.717, 1.165) is 0 Å². The van der Waals surface area contributed by atoms with E-state index in [2.05, 4.69) is 38.8 Å². The molecule has 0 saturated carbocycles. The SMILES string of the molecule is C=C(Br)/C=N\C(=C)OC. The van der Waals surface area contributed by atoms with Gasteiger partial charge in [0.15, 0.2) is 0 Å². The highest BCUT2D eigenvalue weighted by Gasteiger charge is 1.81. The standard InChI is InChI=1S/C6H8BrNO/c1-5(7)4-8-6(2)9-3/h4H,1-2H2,3H3/b8-4-. The Morgan fingerprint density at radius 2 is 2.22 bits per heavy atom. The number of allylic oxidation sites excluding steroid dienone is 1. The highest BCUT2D eigenvalue weighted by molar-refractivity contribution is 9.12. The lowest BCUT2D eigenvalue weighted by Gasteiger charge is -1.92. The first kappa shape index (κ1) is 8.43. The summed E-state index contributed by atoms with van der Waals surface area (Å²) in [5.41, 5.74) is 0. The van der Waals surface area contributed by atoms with E-state index in [1.165, 1.54) is 13.3 Å². The van der Waals surface area contributed by atoms with Gasteiger partial charge in [-0.3, -0.25) is 0 Å². The molecule has 0 heterocycles. The summed E-state index contributed by atoms with van der Waals surface area (Å²) in [5, 5.41) is 0. The summed E-state index contributed by atoms with van der Waals surface area (Å²) < 4.78 is 5.34. The number of nitrogens with zero attached hydrogens (tertiary/aromatic N) is 1. The number of methoxy groups -OCH3 is 1. The van der Waals surface area contributed by atoms with Crippen LogP contribution in [-0.4, -0.2) is 13.3 Å². The molecule has 0 saturated heterocycles. The van der Waals surface area contributed by atoms with Crippen LogP contribution in [0.5, 0.6) is 0 Å². The van der Waals surface area contributed by atoms with Crippen molar-refractivity contribution in [3.63, 3.8) is 0 Å². The van der Waals surface area contributed by atoms with Gasteiger partial charge in [-0.2, -0.15) is 0 Å². The first-order chi connectivity index (χ1) is 4.16. The Bertz CT molecular complexity index is 151. The fourth-order valence-electron chi connectivity index (χ4n) is 0.195. The van der Waals surface area contributed by atoms with E-state index in [4.69, 9.17) is 0 Å². The van der Waals surface area contributed by atoms with Gasteiger partial charge < -0.3 is 4.74 Å². The molecule has 0 aromatic carbocycles. The fourth-order valence-corrected chi connectivity index (χ4v) is 0.297. The molecule has 0 aliphatic carbocycles. The third-order valence-corrected chi connectivity index (χ3v) is 0.789. The molecule has 0 aliphatic rings. The maximum atomic E-state index is 4.65. The zero-order chi connectivity index (χ0) is 7.28. The Morgan fingerprint density at radius 1 is 1.67 bits per heavy atom. The summed E-state index contributed by atoms with van der Waals surface area (Å²) in [7, 11) is 1.51. The zero-order valence-electron chi connectivity index (χ0n) is 5.22. The van der Waals surface area contributed by atoms with Crippen LogP contribution in [0, 0.1) is 0 Å². The van der Waals surface area contributed by atoms with Crippen LogP contribution < -0.4 is 0 Å². The monoisotopic (exact) mass is 189 g/mol. The molecule has 0 aromatic rings. The second kappa shape index (κ2) is 4.32. The van der Waals surface area contributed by atoms with Crippen molar-refractivity contribution in [1.29, 1.82) is 0 Å². The Morgan fingerprint density at radius 3 is 2.56 bits per heavy atom. The van der Waals surface area contributed by atoms with Crippen LogP contribution in [0.3, 0.4) is 0 Å². The maximum absolute atomic E-state index is 4.65. The largest absolute Gasteiger partial charge is 0.481 e. The van der Waals surface area contributed by atoms with Crippen molar-refractivity contribution in [2.75, 3.05) is 7.11 Å². The van der Waals surface area contributed by atoms with Crippen LogP contribution in [0.4, 0.5) is 0 Å². The van der Waals surface area contributed by atoms with Gasteiger partial charge in [-0.05, 0) is 22.5 Å². The number of halogens is 1. The van der Waals surface area contributed by atoms with Gasteiger partial charge in [0.25, 0.3) is 0 Å². The quantitative estimate of drug-likeness (QED) is 0.493. The Balaban J connectivity index is 3.71. The highest BCUT2D eigenvalue weighted by atomic mass is 79.9. The minimum Gasteiger partial charge on any atom is -0.481 e. The summed E-state index contributed by atoms with van der Waals surface area (Å²) in [6, 6.07) is 0. The predicted molar refractivity (Wildman–Crippen MR) is 42.7 cm³/mol.